The van der Waals surface area contributed by atoms with Gasteiger partial charge in [-0.2, -0.15) is 0 Å². The molecule has 0 N–H and O–H groups in total. The lowest BCUT2D eigenvalue weighted by Crippen LogP contribution is -2.18. The van der Waals surface area contributed by atoms with Crippen LogP contribution in [0.2, 0.25) is 0 Å². The van der Waals surface area contributed by atoms with E-state index in [1.807, 2.05) is 13.8 Å². The molecule has 0 nitrogen and oxygen atoms in total. The van der Waals surface area contributed by atoms with Crippen LogP contribution in [0.15, 0.2) is 23.8 Å². The molecule has 1 unspecified atom stereocenters. The molecule has 0 aromatic rings. The fraction of sp³-hybridized carbons (Fsp3) is 0.692. The number of rotatable bonds is 0. The Kier molecular flexibility index (Phi) is 5.05. The molecule has 0 heteroatoms. The first kappa shape index (κ1) is 12.5. The first-order valence-corrected chi connectivity index (χ1v) is 5.35. The molecule has 0 heterocycles. The van der Waals surface area contributed by atoms with Gasteiger partial charge in [0.25, 0.3) is 0 Å². The minimum absolute atomic E-state index is 0.424. The molecule has 1 aliphatic carbocycles. The van der Waals surface area contributed by atoms with Crippen LogP contribution < -0.4 is 0 Å². The monoisotopic (exact) mass is 180 g/mol. The summed E-state index contributed by atoms with van der Waals surface area (Å²) in [6.07, 6.45) is 8.12. The maximum absolute atomic E-state index is 2.34. The van der Waals surface area contributed by atoms with E-state index in [4.69, 9.17) is 0 Å². The fourth-order valence-corrected chi connectivity index (χ4v) is 1.37. The van der Waals surface area contributed by atoms with Crippen LogP contribution in [0.5, 0.6) is 0 Å². The predicted octanol–water partition coefficient (Wildman–Crippen LogP) is 4.58. The zero-order valence-corrected chi connectivity index (χ0v) is 10.0. The molecule has 1 rings (SSSR count). The molecule has 0 radical (unpaired) electrons. The van der Waals surface area contributed by atoms with Crippen molar-refractivity contribution in [1.29, 1.82) is 0 Å². The standard InChI is InChI=1S/C11H18.C2H6/c1-9-5-7-10(8-6-9)11(2,3)4;1-2/h5-7,10H,8H2,1-4H3;1-2H3. The average Bonchev–Trinajstić information content (AvgIpc) is 2.07. The molecule has 0 aliphatic heterocycles. The Bertz CT molecular complexity index is 189. The Morgan fingerprint density at radius 1 is 1.23 bits per heavy atom. The second kappa shape index (κ2) is 5.26. The van der Waals surface area contributed by atoms with Gasteiger partial charge in [0.15, 0.2) is 0 Å². The third kappa shape index (κ3) is 4.31. The van der Waals surface area contributed by atoms with Crippen LogP contribution in [0.4, 0.5) is 0 Å². The van der Waals surface area contributed by atoms with Gasteiger partial charge in [-0.3, -0.25) is 0 Å². The summed E-state index contributed by atoms with van der Waals surface area (Å²) in [6.45, 7) is 13.1. The quantitative estimate of drug-likeness (QED) is 0.512. The van der Waals surface area contributed by atoms with Crippen molar-refractivity contribution >= 4 is 0 Å². The lowest BCUT2D eigenvalue weighted by molar-refractivity contribution is 0.293. The summed E-state index contributed by atoms with van der Waals surface area (Å²) in [5, 5.41) is 0. The Labute approximate surface area is 83.7 Å². The van der Waals surface area contributed by atoms with Gasteiger partial charge in [-0.15, -0.1) is 0 Å². The molecule has 0 spiro atoms. The van der Waals surface area contributed by atoms with Gasteiger partial charge in [-0.25, -0.2) is 0 Å². The predicted molar refractivity (Wildman–Crippen MR) is 61.8 cm³/mol. The summed E-state index contributed by atoms with van der Waals surface area (Å²) >= 11 is 0. The highest BCUT2D eigenvalue weighted by atomic mass is 14.3. The topological polar surface area (TPSA) is 0 Å². The smallest absolute Gasteiger partial charge is 0.0147 e. The molecule has 0 bridgehead atoms. The van der Waals surface area contributed by atoms with Gasteiger partial charge < -0.3 is 0 Å². The molecule has 0 amide bonds. The van der Waals surface area contributed by atoms with E-state index in [1.165, 1.54) is 12.0 Å². The second-order valence-corrected chi connectivity index (χ2v) is 4.52. The van der Waals surface area contributed by atoms with Crippen molar-refractivity contribution in [3.63, 3.8) is 0 Å². The molecule has 0 saturated heterocycles. The highest BCUT2D eigenvalue weighted by Crippen LogP contribution is 2.32. The largest absolute Gasteiger partial charge is 0.0810 e. The number of hydrogen-bond acceptors (Lipinski definition) is 0. The number of allylic oxidation sites excluding steroid dienone is 4. The van der Waals surface area contributed by atoms with Gasteiger partial charge in [0, 0.05) is 0 Å². The average molecular weight is 180 g/mol. The van der Waals surface area contributed by atoms with Crippen molar-refractivity contribution in [2.24, 2.45) is 11.3 Å². The van der Waals surface area contributed by atoms with Crippen LogP contribution in [0.3, 0.4) is 0 Å². The maximum atomic E-state index is 2.34. The van der Waals surface area contributed by atoms with Crippen LogP contribution >= 0.6 is 0 Å². The van der Waals surface area contributed by atoms with Crippen LogP contribution in [-0.4, -0.2) is 0 Å². The summed E-state index contributed by atoms with van der Waals surface area (Å²) in [7, 11) is 0. The van der Waals surface area contributed by atoms with E-state index in [-0.39, 0.29) is 0 Å². The molecule has 76 valence electrons. The zero-order chi connectivity index (χ0) is 10.5. The molecule has 1 atom stereocenters. The van der Waals surface area contributed by atoms with Crippen molar-refractivity contribution in [3.05, 3.63) is 23.8 Å². The highest BCUT2D eigenvalue weighted by Gasteiger charge is 2.21. The van der Waals surface area contributed by atoms with Crippen molar-refractivity contribution in [1.82, 2.24) is 0 Å². The summed E-state index contributed by atoms with van der Waals surface area (Å²) in [5.74, 6) is 0.728. The molecule has 0 aromatic carbocycles. The molecule has 13 heavy (non-hydrogen) atoms. The van der Waals surface area contributed by atoms with Crippen molar-refractivity contribution in [2.75, 3.05) is 0 Å². The normalized spacial score (nSPS) is 21.7. The summed E-state index contributed by atoms with van der Waals surface area (Å²) in [5.41, 5.74) is 1.83. The third-order valence-electron chi connectivity index (χ3n) is 2.40. The summed E-state index contributed by atoms with van der Waals surface area (Å²) in [4.78, 5) is 0. The first-order chi connectivity index (χ1) is 6.00. The van der Waals surface area contributed by atoms with E-state index in [0.29, 0.717) is 5.41 Å². The van der Waals surface area contributed by atoms with Crippen LogP contribution in [0, 0.1) is 11.3 Å². The van der Waals surface area contributed by atoms with Crippen LogP contribution in [-0.2, 0) is 0 Å². The Balaban J connectivity index is 0.000000671. The van der Waals surface area contributed by atoms with E-state index < -0.39 is 0 Å². The summed E-state index contributed by atoms with van der Waals surface area (Å²) < 4.78 is 0. The lowest BCUT2D eigenvalue weighted by atomic mass is 9.76. The molecular formula is C13H24. The van der Waals surface area contributed by atoms with Crippen molar-refractivity contribution in [3.8, 4) is 0 Å². The maximum Gasteiger partial charge on any atom is -0.0147 e. The van der Waals surface area contributed by atoms with E-state index in [1.54, 1.807) is 0 Å². The summed E-state index contributed by atoms with van der Waals surface area (Å²) in [6, 6.07) is 0. The van der Waals surface area contributed by atoms with Crippen LogP contribution in [0.25, 0.3) is 0 Å². The van der Waals surface area contributed by atoms with Gasteiger partial charge in [-0.1, -0.05) is 58.4 Å². The van der Waals surface area contributed by atoms with Gasteiger partial charge >= 0.3 is 0 Å². The van der Waals surface area contributed by atoms with E-state index in [2.05, 4.69) is 45.9 Å². The van der Waals surface area contributed by atoms with Gasteiger partial charge in [0.2, 0.25) is 0 Å². The molecule has 1 aliphatic rings. The zero-order valence-electron chi connectivity index (χ0n) is 10.0. The SMILES string of the molecule is CC.CC1=CCC(C(C)(C)C)C=C1. The first-order valence-electron chi connectivity index (χ1n) is 5.35. The Hall–Kier alpha value is -0.520. The Morgan fingerprint density at radius 3 is 2.08 bits per heavy atom. The van der Waals surface area contributed by atoms with Gasteiger partial charge in [0.05, 0.1) is 0 Å². The van der Waals surface area contributed by atoms with Gasteiger partial charge in [-0.05, 0) is 24.7 Å². The van der Waals surface area contributed by atoms with E-state index in [9.17, 15) is 0 Å². The molecule has 0 fully saturated rings. The minimum atomic E-state index is 0.424. The molecule has 0 aromatic heterocycles. The third-order valence-corrected chi connectivity index (χ3v) is 2.40. The fourth-order valence-electron chi connectivity index (χ4n) is 1.37. The Morgan fingerprint density at radius 2 is 1.77 bits per heavy atom. The van der Waals surface area contributed by atoms with Crippen molar-refractivity contribution < 1.29 is 0 Å². The van der Waals surface area contributed by atoms with E-state index in [0.717, 1.165) is 5.92 Å². The van der Waals surface area contributed by atoms with Gasteiger partial charge in [0.1, 0.15) is 0 Å². The van der Waals surface area contributed by atoms with E-state index >= 15 is 0 Å². The van der Waals surface area contributed by atoms with Crippen molar-refractivity contribution in [2.45, 2.75) is 48.0 Å². The minimum Gasteiger partial charge on any atom is -0.0810 e. The number of hydrogen-bond donors (Lipinski definition) is 0. The molecular weight excluding hydrogens is 156 g/mol. The van der Waals surface area contributed by atoms with Crippen LogP contribution in [0.1, 0.15) is 48.0 Å². The molecule has 0 saturated carbocycles. The second-order valence-electron chi connectivity index (χ2n) is 4.52. The highest BCUT2D eigenvalue weighted by molar-refractivity contribution is 5.22. The lowest BCUT2D eigenvalue weighted by Gasteiger charge is -2.29.